The highest BCUT2D eigenvalue weighted by molar-refractivity contribution is 5.75. The number of nitrogens with two attached hydrogens (primary N) is 1. The van der Waals surface area contributed by atoms with Crippen LogP contribution in [-0.4, -0.2) is 17.4 Å². The molecule has 0 aromatic heterocycles. The molecule has 0 saturated carbocycles. The lowest BCUT2D eigenvalue weighted by Crippen LogP contribution is -2.20. The molecule has 0 spiro atoms. The molecular formula is C8H7FN2O4. The van der Waals surface area contributed by atoms with Gasteiger partial charge in [-0.15, -0.1) is 0 Å². The smallest absolute Gasteiger partial charge is 0.314 e. The molecule has 0 saturated heterocycles. The number of nitro benzene ring substituents is 1. The van der Waals surface area contributed by atoms with Crippen LogP contribution in [0.15, 0.2) is 18.2 Å². The largest absolute Gasteiger partial charge is 0.475 e. The van der Waals surface area contributed by atoms with Gasteiger partial charge in [-0.25, -0.2) is 4.39 Å². The number of nitro groups is 1. The van der Waals surface area contributed by atoms with Gasteiger partial charge in [0.25, 0.3) is 5.91 Å². The molecule has 0 atom stereocenters. The molecule has 0 heterocycles. The molecule has 1 amide bonds. The minimum Gasteiger partial charge on any atom is -0.475 e. The summed E-state index contributed by atoms with van der Waals surface area (Å²) in [5.74, 6) is -2.33. The van der Waals surface area contributed by atoms with E-state index in [0.29, 0.717) is 0 Å². The normalized spacial score (nSPS) is 9.67. The molecule has 0 bridgehead atoms. The fourth-order valence-corrected chi connectivity index (χ4v) is 0.927. The van der Waals surface area contributed by atoms with Gasteiger partial charge in [-0.1, -0.05) is 6.07 Å². The summed E-state index contributed by atoms with van der Waals surface area (Å²) in [6.45, 7) is -0.609. The highest BCUT2D eigenvalue weighted by Crippen LogP contribution is 2.29. The predicted molar refractivity (Wildman–Crippen MR) is 47.7 cm³/mol. The highest BCUT2D eigenvalue weighted by Gasteiger charge is 2.19. The first kappa shape index (κ1) is 10.9. The monoisotopic (exact) mass is 214 g/mol. The Morgan fingerprint density at radius 3 is 2.80 bits per heavy atom. The van der Waals surface area contributed by atoms with Crippen molar-refractivity contribution in [1.29, 1.82) is 0 Å². The molecule has 0 unspecified atom stereocenters. The van der Waals surface area contributed by atoms with Crippen molar-refractivity contribution in [2.24, 2.45) is 5.73 Å². The Morgan fingerprint density at radius 1 is 1.60 bits per heavy atom. The number of para-hydroxylation sites is 1. The molecule has 15 heavy (non-hydrogen) atoms. The molecule has 0 fully saturated rings. The Morgan fingerprint density at radius 2 is 2.27 bits per heavy atom. The van der Waals surface area contributed by atoms with Crippen LogP contribution in [0.2, 0.25) is 0 Å². The second kappa shape index (κ2) is 4.36. The minimum atomic E-state index is -0.912. The first-order valence-electron chi connectivity index (χ1n) is 3.86. The zero-order valence-electron chi connectivity index (χ0n) is 7.47. The summed E-state index contributed by atoms with van der Waals surface area (Å²) in [6.07, 6.45) is 0. The SMILES string of the molecule is NC(=O)COc1c(F)cccc1[N+](=O)[O-]. The minimum absolute atomic E-state index is 0.545. The van der Waals surface area contributed by atoms with Crippen LogP contribution < -0.4 is 10.5 Å². The maximum atomic E-state index is 13.1. The van der Waals surface area contributed by atoms with Crippen LogP contribution in [0.1, 0.15) is 0 Å². The molecule has 0 aliphatic carbocycles. The van der Waals surface area contributed by atoms with Crippen LogP contribution in [0.5, 0.6) is 5.75 Å². The standard InChI is InChI=1S/C8H7FN2O4/c9-5-2-1-3-6(11(13)14)8(5)15-4-7(10)12/h1-3H,4H2,(H2,10,12). The number of nitrogens with zero attached hydrogens (tertiary/aromatic N) is 1. The fraction of sp³-hybridized carbons (Fsp3) is 0.125. The quantitative estimate of drug-likeness (QED) is 0.586. The van der Waals surface area contributed by atoms with Crippen LogP contribution in [0.3, 0.4) is 0 Å². The van der Waals surface area contributed by atoms with E-state index in [2.05, 4.69) is 4.74 Å². The third-order valence-corrected chi connectivity index (χ3v) is 1.50. The number of benzene rings is 1. The van der Waals surface area contributed by atoms with Crippen LogP contribution in [-0.2, 0) is 4.79 Å². The summed E-state index contributed by atoms with van der Waals surface area (Å²) in [7, 11) is 0. The van der Waals surface area contributed by atoms with Crippen molar-refractivity contribution in [3.8, 4) is 5.75 Å². The van der Waals surface area contributed by atoms with E-state index in [-0.39, 0.29) is 0 Å². The molecule has 2 N–H and O–H groups in total. The van der Waals surface area contributed by atoms with E-state index in [9.17, 15) is 19.3 Å². The van der Waals surface area contributed by atoms with Crippen LogP contribution >= 0.6 is 0 Å². The number of ether oxygens (including phenoxy) is 1. The van der Waals surface area contributed by atoms with E-state index in [1.165, 1.54) is 6.07 Å². The predicted octanol–water partition coefficient (Wildman–Crippen LogP) is 0.598. The first-order chi connectivity index (χ1) is 7.02. The average Bonchev–Trinajstić information content (AvgIpc) is 2.15. The second-order valence-corrected chi connectivity index (χ2v) is 2.60. The summed E-state index contributed by atoms with van der Waals surface area (Å²) in [5.41, 5.74) is 4.22. The van der Waals surface area contributed by atoms with E-state index in [1.54, 1.807) is 0 Å². The summed E-state index contributed by atoms with van der Waals surface area (Å²) in [6, 6.07) is 3.23. The highest BCUT2D eigenvalue weighted by atomic mass is 19.1. The van der Waals surface area contributed by atoms with Gasteiger partial charge in [-0.05, 0) is 6.07 Å². The van der Waals surface area contributed by atoms with Gasteiger partial charge in [0.1, 0.15) is 0 Å². The van der Waals surface area contributed by atoms with Crippen molar-refractivity contribution in [3.63, 3.8) is 0 Å². The molecule has 7 heteroatoms. The summed E-state index contributed by atoms with van der Waals surface area (Å²) in [4.78, 5) is 20.0. The molecule has 6 nitrogen and oxygen atoms in total. The lowest BCUT2D eigenvalue weighted by Gasteiger charge is -2.04. The van der Waals surface area contributed by atoms with Crippen molar-refractivity contribution in [1.82, 2.24) is 0 Å². The van der Waals surface area contributed by atoms with E-state index < -0.39 is 34.7 Å². The van der Waals surface area contributed by atoms with Gasteiger partial charge in [-0.3, -0.25) is 14.9 Å². The third kappa shape index (κ3) is 2.63. The first-order valence-corrected chi connectivity index (χ1v) is 3.86. The van der Waals surface area contributed by atoms with Gasteiger partial charge in [-0.2, -0.15) is 0 Å². The van der Waals surface area contributed by atoms with Gasteiger partial charge in [0, 0.05) is 6.07 Å². The number of primary amides is 1. The maximum absolute atomic E-state index is 13.1. The number of rotatable bonds is 4. The molecule has 0 radical (unpaired) electrons. The number of carbonyl (C=O) groups excluding carboxylic acids is 1. The van der Waals surface area contributed by atoms with Crippen molar-refractivity contribution in [3.05, 3.63) is 34.1 Å². The number of amides is 1. The van der Waals surface area contributed by atoms with Gasteiger partial charge in [0.05, 0.1) is 4.92 Å². The van der Waals surface area contributed by atoms with Gasteiger partial charge in [0.2, 0.25) is 5.75 Å². The van der Waals surface area contributed by atoms with Gasteiger partial charge < -0.3 is 10.5 Å². The van der Waals surface area contributed by atoms with Crippen LogP contribution in [0.4, 0.5) is 10.1 Å². The maximum Gasteiger partial charge on any atom is 0.314 e. The summed E-state index contributed by atoms with van der Waals surface area (Å²) < 4.78 is 17.7. The zero-order chi connectivity index (χ0) is 11.4. The molecule has 80 valence electrons. The Kier molecular flexibility index (Phi) is 3.17. The number of halogens is 1. The second-order valence-electron chi connectivity index (χ2n) is 2.60. The Balaban J connectivity index is 3.02. The fourth-order valence-electron chi connectivity index (χ4n) is 0.927. The summed E-state index contributed by atoms with van der Waals surface area (Å²) in [5, 5.41) is 10.5. The number of hydrogen-bond acceptors (Lipinski definition) is 4. The topological polar surface area (TPSA) is 95.5 Å². The van der Waals surface area contributed by atoms with Crippen molar-refractivity contribution in [2.45, 2.75) is 0 Å². The lowest BCUT2D eigenvalue weighted by atomic mass is 10.3. The lowest BCUT2D eigenvalue weighted by molar-refractivity contribution is -0.386. The Labute approximate surface area is 83.6 Å². The van der Waals surface area contributed by atoms with E-state index in [4.69, 9.17) is 5.73 Å². The molecule has 1 aromatic carbocycles. The summed E-state index contributed by atoms with van der Waals surface area (Å²) >= 11 is 0. The van der Waals surface area contributed by atoms with Gasteiger partial charge >= 0.3 is 5.69 Å². The van der Waals surface area contributed by atoms with E-state index >= 15 is 0 Å². The molecule has 0 aliphatic heterocycles. The molecule has 1 aromatic rings. The zero-order valence-corrected chi connectivity index (χ0v) is 7.47. The molecular weight excluding hydrogens is 207 g/mol. The third-order valence-electron chi connectivity index (χ3n) is 1.50. The van der Waals surface area contributed by atoms with Crippen LogP contribution in [0.25, 0.3) is 0 Å². The van der Waals surface area contributed by atoms with E-state index in [0.717, 1.165) is 12.1 Å². The van der Waals surface area contributed by atoms with Crippen molar-refractivity contribution in [2.75, 3.05) is 6.61 Å². The number of hydrogen-bond donors (Lipinski definition) is 1. The molecule has 1 rings (SSSR count). The van der Waals surface area contributed by atoms with Crippen LogP contribution in [0, 0.1) is 15.9 Å². The Hall–Kier alpha value is -2.18. The van der Waals surface area contributed by atoms with E-state index in [1.807, 2.05) is 0 Å². The molecule has 0 aliphatic rings. The Bertz CT molecular complexity index is 408. The average molecular weight is 214 g/mol. The van der Waals surface area contributed by atoms with Gasteiger partial charge in [0.15, 0.2) is 12.4 Å². The number of carbonyl (C=O) groups is 1. The van der Waals surface area contributed by atoms with Crippen molar-refractivity contribution < 1.29 is 18.8 Å². The van der Waals surface area contributed by atoms with Crippen molar-refractivity contribution >= 4 is 11.6 Å².